The molecule has 0 aliphatic carbocycles. The van der Waals surface area contributed by atoms with E-state index in [4.69, 9.17) is 16.3 Å². The van der Waals surface area contributed by atoms with Crippen molar-refractivity contribution in [3.8, 4) is 5.75 Å². The predicted octanol–water partition coefficient (Wildman–Crippen LogP) is 2.54. The lowest BCUT2D eigenvalue weighted by molar-refractivity contribution is 0.0388. The van der Waals surface area contributed by atoms with Crippen molar-refractivity contribution in [3.05, 3.63) is 28.8 Å². The van der Waals surface area contributed by atoms with E-state index in [-0.39, 0.29) is 16.7 Å². The number of carbonyl (C=O) groups is 1. The number of nitrogens with zero attached hydrogens (tertiary/aromatic N) is 1. The van der Waals surface area contributed by atoms with Crippen LogP contribution in [0.5, 0.6) is 5.75 Å². The van der Waals surface area contributed by atoms with Gasteiger partial charge < -0.3 is 14.7 Å². The zero-order valence-electron chi connectivity index (χ0n) is 10.9. The second-order valence-electron chi connectivity index (χ2n) is 4.94. The van der Waals surface area contributed by atoms with Gasteiger partial charge in [0.2, 0.25) is 0 Å². The third-order valence-electron chi connectivity index (χ3n) is 3.33. The molecule has 1 amide bonds. The first-order valence-electron chi connectivity index (χ1n) is 6.39. The number of halogens is 1. The molecule has 19 heavy (non-hydrogen) atoms. The fourth-order valence-corrected chi connectivity index (χ4v) is 2.46. The fourth-order valence-electron chi connectivity index (χ4n) is 2.28. The van der Waals surface area contributed by atoms with Crippen LogP contribution >= 0.6 is 11.6 Å². The molecule has 1 aliphatic heterocycles. The average molecular weight is 284 g/mol. The predicted molar refractivity (Wildman–Crippen MR) is 73.6 cm³/mol. The normalized spacial score (nSPS) is 19.2. The lowest BCUT2D eigenvalue weighted by Crippen LogP contribution is -2.35. The molecule has 1 aromatic rings. The molecule has 1 fully saturated rings. The summed E-state index contributed by atoms with van der Waals surface area (Å²) in [4.78, 5) is 13.9. The van der Waals surface area contributed by atoms with E-state index in [9.17, 15) is 9.90 Å². The maximum atomic E-state index is 12.2. The summed E-state index contributed by atoms with van der Waals surface area (Å²) in [6.07, 6.45) is 2.14. The Morgan fingerprint density at radius 2 is 2.37 bits per heavy atom. The number of amides is 1. The summed E-state index contributed by atoms with van der Waals surface area (Å²) < 4.78 is 5.41. The Labute approximate surface area is 117 Å². The number of phenolic OH excluding ortho intramolecular Hbond substituents is 1. The molecule has 2 rings (SSSR count). The smallest absolute Gasteiger partial charge is 0.253 e. The first kappa shape index (κ1) is 14.2. The topological polar surface area (TPSA) is 49.8 Å². The van der Waals surface area contributed by atoms with E-state index in [0.29, 0.717) is 24.6 Å². The van der Waals surface area contributed by atoms with Crippen molar-refractivity contribution in [1.29, 1.82) is 0 Å². The molecule has 1 N–H and O–H groups in total. The third kappa shape index (κ3) is 3.61. The van der Waals surface area contributed by atoms with E-state index in [1.807, 2.05) is 0 Å². The van der Waals surface area contributed by atoms with Gasteiger partial charge in [-0.25, -0.2) is 0 Å². The molecule has 0 aromatic heterocycles. The highest BCUT2D eigenvalue weighted by Gasteiger charge is 2.20. The molecule has 1 aliphatic rings. The Hall–Kier alpha value is -1.26. The van der Waals surface area contributed by atoms with Crippen molar-refractivity contribution < 1.29 is 14.6 Å². The van der Waals surface area contributed by atoms with Crippen molar-refractivity contribution in [2.45, 2.75) is 12.8 Å². The lowest BCUT2D eigenvalue weighted by Gasteiger charge is -2.27. The van der Waals surface area contributed by atoms with Crippen LogP contribution in [0.15, 0.2) is 18.2 Å². The summed E-state index contributed by atoms with van der Waals surface area (Å²) in [6.45, 7) is 2.22. The van der Waals surface area contributed by atoms with Crippen molar-refractivity contribution in [2.24, 2.45) is 5.92 Å². The van der Waals surface area contributed by atoms with E-state index < -0.39 is 0 Å². The number of carbonyl (C=O) groups excluding carboxylic acids is 1. The van der Waals surface area contributed by atoms with Crippen LogP contribution in [-0.2, 0) is 4.74 Å². The van der Waals surface area contributed by atoms with Gasteiger partial charge in [0.05, 0.1) is 11.6 Å². The zero-order chi connectivity index (χ0) is 13.8. The Kier molecular flexibility index (Phi) is 4.66. The minimum Gasteiger partial charge on any atom is -0.506 e. The molecule has 1 saturated heterocycles. The van der Waals surface area contributed by atoms with Gasteiger partial charge in [0.15, 0.2) is 0 Å². The van der Waals surface area contributed by atoms with Crippen LogP contribution in [0.25, 0.3) is 0 Å². The second-order valence-corrected chi connectivity index (χ2v) is 5.34. The first-order valence-corrected chi connectivity index (χ1v) is 6.77. The molecule has 0 spiro atoms. The standard InChI is InChI=1S/C14H18ClNO3/c1-16(8-10-3-2-6-19-9-10)14(18)11-4-5-13(17)12(15)7-11/h4-5,7,10,17H,2-3,6,8-9H2,1H3. The van der Waals surface area contributed by atoms with E-state index in [1.54, 1.807) is 18.0 Å². The number of ether oxygens (including phenoxy) is 1. The van der Waals surface area contributed by atoms with Gasteiger partial charge in [-0.2, -0.15) is 0 Å². The van der Waals surface area contributed by atoms with E-state index in [0.717, 1.165) is 19.4 Å². The van der Waals surface area contributed by atoms with Crippen LogP contribution in [0, 0.1) is 5.92 Å². The fraction of sp³-hybridized carbons (Fsp3) is 0.500. The number of phenols is 1. The van der Waals surface area contributed by atoms with Crippen LogP contribution in [0.3, 0.4) is 0 Å². The molecule has 0 bridgehead atoms. The molecule has 104 valence electrons. The van der Waals surface area contributed by atoms with Gasteiger partial charge in [0, 0.05) is 25.8 Å². The Balaban J connectivity index is 1.99. The van der Waals surface area contributed by atoms with Gasteiger partial charge in [-0.15, -0.1) is 0 Å². The van der Waals surface area contributed by atoms with Gasteiger partial charge in [-0.1, -0.05) is 11.6 Å². The molecule has 0 saturated carbocycles. The largest absolute Gasteiger partial charge is 0.506 e. The molecule has 5 heteroatoms. The van der Waals surface area contributed by atoms with Gasteiger partial charge >= 0.3 is 0 Å². The van der Waals surface area contributed by atoms with E-state index in [2.05, 4.69) is 0 Å². The number of hydrogen-bond acceptors (Lipinski definition) is 3. The van der Waals surface area contributed by atoms with Crippen LogP contribution in [0.1, 0.15) is 23.2 Å². The molecular weight excluding hydrogens is 266 g/mol. The monoisotopic (exact) mass is 283 g/mol. The maximum absolute atomic E-state index is 12.2. The van der Waals surface area contributed by atoms with Crippen molar-refractivity contribution in [3.63, 3.8) is 0 Å². The highest BCUT2D eigenvalue weighted by atomic mass is 35.5. The molecule has 1 atom stereocenters. The second kappa shape index (κ2) is 6.26. The van der Waals surface area contributed by atoms with Crippen molar-refractivity contribution in [1.82, 2.24) is 4.90 Å². The molecule has 1 aromatic carbocycles. The first-order chi connectivity index (χ1) is 9.08. The summed E-state index contributed by atoms with van der Waals surface area (Å²) in [7, 11) is 1.78. The number of rotatable bonds is 3. The van der Waals surface area contributed by atoms with Crippen molar-refractivity contribution in [2.75, 3.05) is 26.8 Å². The van der Waals surface area contributed by atoms with Gasteiger partial charge in [-0.05, 0) is 37.0 Å². The van der Waals surface area contributed by atoms with E-state index >= 15 is 0 Å². The maximum Gasteiger partial charge on any atom is 0.253 e. The SMILES string of the molecule is CN(CC1CCCOC1)C(=O)c1ccc(O)c(Cl)c1. The van der Waals surface area contributed by atoms with Gasteiger partial charge in [0.1, 0.15) is 5.75 Å². The van der Waals surface area contributed by atoms with Crippen molar-refractivity contribution >= 4 is 17.5 Å². The molecule has 0 radical (unpaired) electrons. The van der Waals surface area contributed by atoms with Gasteiger partial charge in [0.25, 0.3) is 5.91 Å². The molecular formula is C14H18ClNO3. The van der Waals surface area contributed by atoms with Crippen LogP contribution in [0.4, 0.5) is 0 Å². The van der Waals surface area contributed by atoms with Crippen LogP contribution < -0.4 is 0 Å². The van der Waals surface area contributed by atoms with Crippen LogP contribution in [-0.4, -0.2) is 42.7 Å². The lowest BCUT2D eigenvalue weighted by atomic mass is 10.0. The Morgan fingerprint density at radius 3 is 3.00 bits per heavy atom. The third-order valence-corrected chi connectivity index (χ3v) is 3.63. The average Bonchev–Trinajstić information content (AvgIpc) is 2.42. The summed E-state index contributed by atoms with van der Waals surface area (Å²) in [6, 6.07) is 4.51. The Morgan fingerprint density at radius 1 is 1.58 bits per heavy atom. The van der Waals surface area contributed by atoms with Crippen LogP contribution in [0.2, 0.25) is 5.02 Å². The summed E-state index contributed by atoms with van der Waals surface area (Å²) in [5, 5.41) is 9.55. The summed E-state index contributed by atoms with van der Waals surface area (Å²) in [5.41, 5.74) is 0.488. The quantitative estimate of drug-likeness (QED) is 0.927. The number of aromatic hydroxyl groups is 1. The van der Waals surface area contributed by atoms with Gasteiger partial charge in [-0.3, -0.25) is 4.79 Å². The molecule has 1 unspecified atom stereocenters. The zero-order valence-corrected chi connectivity index (χ0v) is 11.7. The number of hydrogen-bond donors (Lipinski definition) is 1. The highest BCUT2D eigenvalue weighted by molar-refractivity contribution is 6.32. The molecule has 4 nitrogen and oxygen atoms in total. The molecule has 1 heterocycles. The number of benzene rings is 1. The minimum absolute atomic E-state index is 0.0125. The summed E-state index contributed by atoms with van der Waals surface area (Å²) >= 11 is 5.81. The highest BCUT2D eigenvalue weighted by Crippen LogP contribution is 2.24. The Bertz CT molecular complexity index is 458. The van der Waals surface area contributed by atoms with E-state index in [1.165, 1.54) is 12.1 Å². The summed E-state index contributed by atoms with van der Waals surface area (Å²) in [5.74, 6) is 0.296. The minimum atomic E-state index is -0.0903.